The summed E-state index contributed by atoms with van der Waals surface area (Å²) in [5, 5.41) is 29.8. The second-order valence-electron chi connectivity index (χ2n) is 11.1. The molecule has 1 aromatic heterocycles. The number of amides is 1. The standard InChI is InChI=1S/C29H29F2N3O8/c30-21-10-19-23(33(16-1-2-16)13-20(26(19)36)27(37)38)11-24(21)32-7-5-29(40,6-8-32)15-41-25-4-3-17(9-22(25)31)34-12-18(14-35)42-28(34)39/h3-4,9-11,13,16,18,35,40H,1-2,5-8,12,14-15H2,(H,37,38)/t18-/m1/s1. The van der Waals surface area contributed by atoms with Crippen molar-refractivity contribution in [3.05, 3.63) is 63.9 Å². The van der Waals surface area contributed by atoms with Crippen molar-refractivity contribution in [3.63, 3.8) is 0 Å². The number of aromatic nitrogens is 1. The Labute approximate surface area is 238 Å². The van der Waals surface area contributed by atoms with Gasteiger partial charge in [0.1, 0.15) is 29.7 Å². The van der Waals surface area contributed by atoms with E-state index in [1.165, 1.54) is 23.2 Å². The van der Waals surface area contributed by atoms with Crippen LogP contribution in [0.4, 0.5) is 25.0 Å². The summed E-state index contributed by atoms with van der Waals surface area (Å²) in [6, 6.07) is 6.64. The van der Waals surface area contributed by atoms with Gasteiger partial charge in [-0.25, -0.2) is 18.4 Å². The summed E-state index contributed by atoms with van der Waals surface area (Å²) in [5.41, 5.74) is -1.50. The SMILES string of the molecule is O=C(O)c1cn(C2CC2)c2cc(N3CCC(O)(COc4ccc(N5C[C@H](CO)OC5=O)cc4F)CC3)c(F)cc2c1=O. The molecule has 1 saturated carbocycles. The van der Waals surface area contributed by atoms with Crippen LogP contribution in [0.2, 0.25) is 0 Å². The van der Waals surface area contributed by atoms with Crippen LogP contribution >= 0.6 is 0 Å². The van der Waals surface area contributed by atoms with Crippen LogP contribution in [0.3, 0.4) is 0 Å². The van der Waals surface area contributed by atoms with E-state index in [1.54, 1.807) is 15.5 Å². The Morgan fingerprint density at radius 2 is 1.83 bits per heavy atom. The van der Waals surface area contributed by atoms with E-state index in [0.29, 0.717) is 5.52 Å². The number of nitrogens with zero attached hydrogens (tertiary/aromatic N) is 3. The lowest BCUT2D eigenvalue weighted by molar-refractivity contribution is -0.0250. The highest BCUT2D eigenvalue weighted by molar-refractivity contribution is 5.93. The Balaban J connectivity index is 1.14. The van der Waals surface area contributed by atoms with Gasteiger partial charge in [0.2, 0.25) is 5.43 Å². The smallest absolute Gasteiger partial charge is 0.414 e. The molecule has 1 atom stereocenters. The number of hydrogen-bond donors (Lipinski definition) is 3. The molecule has 0 unspecified atom stereocenters. The number of aliphatic hydroxyl groups is 2. The first-order valence-corrected chi connectivity index (χ1v) is 13.7. The molecule has 0 spiro atoms. The number of carbonyl (C=O) groups is 2. The maximum atomic E-state index is 15.3. The fourth-order valence-corrected chi connectivity index (χ4v) is 5.53. The summed E-state index contributed by atoms with van der Waals surface area (Å²) in [7, 11) is 0. The molecule has 222 valence electrons. The summed E-state index contributed by atoms with van der Waals surface area (Å²) in [6.45, 7) is 0.0474. The minimum Gasteiger partial charge on any atom is -0.488 e. The zero-order valence-electron chi connectivity index (χ0n) is 22.5. The number of piperidine rings is 1. The van der Waals surface area contributed by atoms with Crippen molar-refractivity contribution in [2.45, 2.75) is 43.4 Å². The number of fused-ring (bicyclic) bond motifs is 1. The van der Waals surface area contributed by atoms with Crippen molar-refractivity contribution in [2.75, 3.05) is 42.6 Å². The van der Waals surface area contributed by atoms with Crippen molar-refractivity contribution in [2.24, 2.45) is 0 Å². The first-order valence-electron chi connectivity index (χ1n) is 13.7. The monoisotopic (exact) mass is 585 g/mol. The van der Waals surface area contributed by atoms with Crippen molar-refractivity contribution in [1.82, 2.24) is 4.57 Å². The molecule has 0 bridgehead atoms. The second kappa shape index (κ2) is 10.6. The van der Waals surface area contributed by atoms with E-state index in [0.717, 1.165) is 25.0 Å². The van der Waals surface area contributed by atoms with Crippen molar-refractivity contribution < 1.29 is 43.2 Å². The van der Waals surface area contributed by atoms with Gasteiger partial charge in [-0.1, -0.05) is 0 Å². The molecule has 42 heavy (non-hydrogen) atoms. The maximum Gasteiger partial charge on any atom is 0.414 e. The summed E-state index contributed by atoms with van der Waals surface area (Å²) in [5.74, 6) is -2.87. The number of aliphatic hydroxyl groups excluding tert-OH is 1. The van der Waals surface area contributed by atoms with Gasteiger partial charge in [0.25, 0.3) is 0 Å². The second-order valence-corrected chi connectivity index (χ2v) is 11.1. The van der Waals surface area contributed by atoms with Gasteiger partial charge in [0.15, 0.2) is 11.6 Å². The summed E-state index contributed by atoms with van der Waals surface area (Å²) < 4.78 is 42.4. The average Bonchev–Trinajstić information content (AvgIpc) is 3.74. The number of ether oxygens (including phenoxy) is 2. The van der Waals surface area contributed by atoms with Crippen LogP contribution in [0.1, 0.15) is 42.1 Å². The van der Waals surface area contributed by atoms with E-state index in [2.05, 4.69) is 0 Å². The van der Waals surface area contributed by atoms with E-state index in [4.69, 9.17) is 9.47 Å². The van der Waals surface area contributed by atoms with Crippen LogP contribution in [0, 0.1) is 11.6 Å². The molecule has 3 N–H and O–H groups in total. The Kier molecular flexibility index (Phi) is 7.01. The summed E-state index contributed by atoms with van der Waals surface area (Å²) in [4.78, 5) is 39.3. The molecule has 11 nitrogen and oxygen atoms in total. The average molecular weight is 586 g/mol. The normalized spacial score (nSPS) is 20.2. The molecule has 6 rings (SSSR count). The van der Waals surface area contributed by atoms with E-state index in [9.17, 15) is 34.1 Å². The number of cyclic esters (lactones) is 1. The highest BCUT2D eigenvalue weighted by atomic mass is 19.1. The molecular weight excluding hydrogens is 556 g/mol. The van der Waals surface area contributed by atoms with Crippen molar-refractivity contribution in [1.29, 1.82) is 0 Å². The molecule has 13 heteroatoms. The topological polar surface area (TPSA) is 142 Å². The molecule has 1 aliphatic carbocycles. The van der Waals surface area contributed by atoms with Crippen LogP contribution in [-0.4, -0.2) is 76.5 Å². The minimum absolute atomic E-state index is 0.00727. The van der Waals surface area contributed by atoms with Gasteiger partial charge in [-0.2, -0.15) is 0 Å². The van der Waals surface area contributed by atoms with Crippen LogP contribution in [0.5, 0.6) is 5.75 Å². The predicted molar refractivity (Wildman–Crippen MR) is 146 cm³/mol. The third-order valence-corrected chi connectivity index (χ3v) is 8.11. The fourth-order valence-electron chi connectivity index (χ4n) is 5.53. The quantitative estimate of drug-likeness (QED) is 0.364. The number of carbonyl (C=O) groups excluding carboxylic acids is 1. The molecule has 2 saturated heterocycles. The molecule has 3 heterocycles. The maximum absolute atomic E-state index is 15.3. The number of pyridine rings is 1. The number of anilines is 2. The lowest BCUT2D eigenvalue weighted by atomic mass is 9.92. The first-order chi connectivity index (χ1) is 20.1. The Bertz CT molecular complexity index is 1630. The number of benzene rings is 2. The van der Waals surface area contributed by atoms with Crippen molar-refractivity contribution >= 4 is 34.3 Å². The van der Waals surface area contributed by atoms with Gasteiger partial charge in [0, 0.05) is 36.8 Å². The van der Waals surface area contributed by atoms with Gasteiger partial charge in [-0.05, 0) is 49.9 Å². The minimum atomic E-state index is -1.36. The van der Waals surface area contributed by atoms with E-state index < -0.39 is 46.4 Å². The molecule has 2 aromatic carbocycles. The number of carboxylic acid groups (broad SMARTS) is 1. The molecule has 3 aromatic rings. The number of halogens is 2. The Morgan fingerprint density at radius 3 is 2.45 bits per heavy atom. The first kappa shape index (κ1) is 27.9. The molecular formula is C29H29F2N3O8. The molecule has 3 aliphatic rings. The number of rotatable bonds is 8. The van der Waals surface area contributed by atoms with Gasteiger partial charge in [-0.3, -0.25) is 9.69 Å². The van der Waals surface area contributed by atoms with Gasteiger partial charge in [0.05, 0.1) is 30.0 Å². The lowest BCUT2D eigenvalue weighted by Crippen LogP contribution is -2.48. The van der Waals surface area contributed by atoms with Crippen LogP contribution in [-0.2, 0) is 4.74 Å². The highest BCUT2D eigenvalue weighted by Crippen LogP contribution is 2.39. The van der Waals surface area contributed by atoms with Crippen LogP contribution in [0.25, 0.3) is 10.9 Å². The molecule has 1 amide bonds. The number of carboxylic acids is 1. The molecule has 2 aliphatic heterocycles. The zero-order chi connectivity index (χ0) is 29.8. The largest absolute Gasteiger partial charge is 0.488 e. The number of aromatic carboxylic acids is 1. The Morgan fingerprint density at radius 1 is 1.10 bits per heavy atom. The van der Waals surface area contributed by atoms with Gasteiger partial charge in [-0.15, -0.1) is 0 Å². The van der Waals surface area contributed by atoms with E-state index in [-0.39, 0.29) is 74.2 Å². The lowest BCUT2D eigenvalue weighted by Gasteiger charge is -2.39. The number of hydrogen-bond acceptors (Lipinski definition) is 8. The fraction of sp³-hybridized carbons (Fsp3) is 0.414. The molecule has 3 fully saturated rings. The van der Waals surface area contributed by atoms with Crippen LogP contribution in [0.15, 0.2) is 41.3 Å². The van der Waals surface area contributed by atoms with Crippen molar-refractivity contribution in [3.8, 4) is 5.75 Å². The Hall–Kier alpha value is -4.23. The predicted octanol–water partition coefficient (Wildman–Crippen LogP) is 3.04. The highest BCUT2D eigenvalue weighted by Gasteiger charge is 2.36. The zero-order valence-corrected chi connectivity index (χ0v) is 22.5. The van der Waals surface area contributed by atoms with E-state index in [1.807, 2.05) is 0 Å². The summed E-state index contributed by atoms with van der Waals surface area (Å²) >= 11 is 0. The van der Waals surface area contributed by atoms with E-state index >= 15 is 4.39 Å². The third kappa shape index (κ3) is 5.13. The van der Waals surface area contributed by atoms with Gasteiger partial charge >= 0.3 is 12.1 Å². The van der Waals surface area contributed by atoms with Crippen LogP contribution < -0.4 is 20.0 Å². The third-order valence-electron chi connectivity index (χ3n) is 8.11. The van der Waals surface area contributed by atoms with Gasteiger partial charge < -0.3 is 34.3 Å². The summed E-state index contributed by atoms with van der Waals surface area (Å²) in [6.07, 6.45) is 2.00. The molecule has 0 radical (unpaired) electrons.